The van der Waals surface area contributed by atoms with Crippen LogP contribution in [-0.4, -0.2) is 20.2 Å². The summed E-state index contributed by atoms with van der Waals surface area (Å²) in [5, 5.41) is 0. The molecule has 0 aliphatic carbocycles. The highest BCUT2D eigenvalue weighted by Crippen LogP contribution is 2.13. The Kier molecular flexibility index (Phi) is 5.78. The molecule has 0 aliphatic heterocycles. The average Bonchev–Trinajstić information content (AvgIpc) is 2.54. The fraction of sp³-hybridized carbons (Fsp3) is 0.353. The first-order valence-corrected chi connectivity index (χ1v) is 7.22. The van der Waals surface area contributed by atoms with Crippen molar-refractivity contribution < 1.29 is 28.1 Å². The van der Waals surface area contributed by atoms with Gasteiger partial charge in [0.25, 0.3) is 0 Å². The van der Waals surface area contributed by atoms with Gasteiger partial charge < -0.3 is 14.2 Å². The van der Waals surface area contributed by atoms with Gasteiger partial charge in [-0.05, 0) is 5.56 Å². The van der Waals surface area contributed by atoms with Crippen molar-refractivity contribution in [3.8, 4) is 0 Å². The minimum absolute atomic E-state index is 0.236. The van der Waals surface area contributed by atoms with Crippen molar-refractivity contribution in [2.24, 2.45) is 14.1 Å². The zero-order valence-corrected chi connectivity index (χ0v) is 13.9. The Morgan fingerprint density at radius 1 is 1.04 bits per heavy atom. The van der Waals surface area contributed by atoms with Gasteiger partial charge in [0.1, 0.15) is 26.3 Å². The fourth-order valence-corrected chi connectivity index (χ4v) is 2.42. The summed E-state index contributed by atoms with van der Waals surface area (Å²) in [6.45, 7) is 0.236. The highest BCUT2D eigenvalue weighted by atomic mass is 16.7. The summed E-state index contributed by atoms with van der Waals surface area (Å²) in [5.74, 6) is 0.0347. The maximum atomic E-state index is 12.4. The normalized spacial score (nSPS) is 10.8. The second-order valence-corrected chi connectivity index (χ2v) is 5.17. The second-order valence-electron chi connectivity index (χ2n) is 5.17. The van der Waals surface area contributed by atoms with Crippen LogP contribution in [-0.2, 0) is 34.9 Å². The third-order valence-corrected chi connectivity index (χ3v) is 3.45. The van der Waals surface area contributed by atoms with E-state index in [4.69, 9.17) is 14.2 Å². The maximum Gasteiger partial charge on any atom is 0.530 e. The van der Waals surface area contributed by atoms with Gasteiger partial charge in [0.05, 0.1) is 0 Å². The van der Waals surface area contributed by atoms with E-state index in [1.807, 2.05) is 30.3 Å². The van der Waals surface area contributed by atoms with E-state index in [0.29, 0.717) is 5.82 Å². The maximum absolute atomic E-state index is 12.4. The molecular formula is C17H22N2O4+2. The Morgan fingerprint density at radius 3 is 2.13 bits per heavy atom. The first kappa shape index (κ1) is 17.1. The third kappa shape index (κ3) is 4.12. The van der Waals surface area contributed by atoms with E-state index in [1.54, 1.807) is 49.8 Å². The zero-order valence-electron chi connectivity index (χ0n) is 13.9. The van der Waals surface area contributed by atoms with Crippen molar-refractivity contribution >= 4 is 5.97 Å². The molecule has 0 N–H and O–H groups in total. The van der Waals surface area contributed by atoms with Gasteiger partial charge in [-0.25, -0.2) is 4.79 Å². The molecule has 0 saturated heterocycles. The average molecular weight is 318 g/mol. The molecule has 0 radical (unpaired) electrons. The van der Waals surface area contributed by atoms with Crippen molar-refractivity contribution in [2.45, 2.75) is 12.9 Å². The predicted octanol–water partition coefficient (Wildman–Crippen LogP) is 0.984. The summed E-state index contributed by atoms with van der Waals surface area (Å²) in [5.41, 5.74) is 1.75. The number of carbonyl (C=O) groups is 1. The first-order chi connectivity index (χ1) is 11.1. The molecule has 0 spiro atoms. The summed E-state index contributed by atoms with van der Waals surface area (Å²) in [6.07, 6.45) is 3.09. The van der Waals surface area contributed by atoms with Gasteiger partial charge in [-0.2, -0.15) is 0 Å². The molecule has 0 atom stereocenters. The third-order valence-electron chi connectivity index (χ3n) is 3.45. The van der Waals surface area contributed by atoms with Crippen LogP contribution < -0.4 is 9.13 Å². The number of carbonyl (C=O) groups excluding carboxylic acids is 1. The highest BCUT2D eigenvalue weighted by Gasteiger charge is 2.33. The largest absolute Gasteiger partial charge is 0.530 e. The van der Waals surface area contributed by atoms with Crippen LogP contribution in [0.25, 0.3) is 0 Å². The van der Waals surface area contributed by atoms with Crippen LogP contribution >= 0.6 is 0 Å². The molecule has 6 nitrogen and oxygen atoms in total. The Balaban J connectivity index is 2.17. The smallest absolute Gasteiger partial charge is 0.448 e. The number of hydrogen-bond acceptors (Lipinski definition) is 4. The molecule has 0 amide bonds. The number of aromatic nitrogens is 2. The van der Waals surface area contributed by atoms with Crippen LogP contribution in [0.15, 0.2) is 42.7 Å². The quantitative estimate of drug-likeness (QED) is 0.453. The molecule has 0 unspecified atom stereocenters. The number of esters is 1. The van der Waals surface area contributed by atoms with Gasteiger partial charge in [0, 0.05) is 14.2 Å². The SMILES string of the molecule is COC(OC)c1c[n+](C)c(C(=O)OCc2ccccc2)[n+](C)c1. The Hall–Kier alpha value is -2.31. The van der Waals surface area contributed by atoms with Gasteiger partial charge in [0.15, 0.2) is 18.7 Å². The van der Waals surface area contributed by atoms with E-state index in [1.165, 1.54) is 0 Å². The summed E-state index contributed by atoms with van der Waals surface area (Å²) in [4.78, 5) is 12.4. The number of rotatable bonds is 6. The van der Waals surface area contributed by atoms with Crippen molar-refractivity contribution in [3.63, 3.8) is 0 Å². The summed E-state index contributed by atoms with van der Waals surface area (Å²) in [6, 6.07) is 9.57. The molecular weight excluding hydrogens is 296 g/mol. The lowest BCUT2D eigenvalue weighted by Gasteiger charge is -2.11. The molecule has 6 heteroatoms. The van der Waals surface area contributed by atoms with E-state index in [0.717, 1.165) is 11.1 Å². The number of methoxy groups -OCH3 is 2. The lowest BCUT2D eigenvalue weighted by molar-refractivity contribution is -0.809. The van der Waals surface area contributed by atoms with E-state index >= 15 is 0 Å². The Morgan fingerprint density at radius 2 is 1.61 bits per heavy atom. The molecule has 122 valence electrons. The number of hydrogen-bond donors (Lipinski definition) is 0. The van der Waals surface area contributed by atoms with Crippen LogP contribution in [0, 0.1) is 0 Å². The minimum Gasteiger partial charge on any atom is -0.448 e. The van der Waals surface area contributed by atoms with Gasteiger partial charge in [-0.15, -0.1) is 9.13 Å². The van der Waals surface area contributed by atoms with Crippen LogP contribution in [0.4, 0.5) is 0 Å². The molecule has 23 heavy (non-hydrogen) atoms. The van der Waals surface area contributed by atoms with Crippen molar-refractivity contribution in [1.82, 2.24) is 0 Å². The van der Waals surface area contributed by atoms with E-state index in [2.05, 4.69) is 0 Å². The molecule has 0 bridgehead atoms. The molecule has 1 aromatic heterocycles. The zero-order chi connectivity index (χ0) is 16.8. The lowest BCUT2D eigenvalue weighted by Crippen LogP contribution is -2.53. The summed E-state index contributed by atoms with van der Waals surface area (Å²) < 4.78 is 19.3. The number of benzene rings is 1. The van der Waals surface area contributed by atoms with Crippen LogP contribution in [0.1, 0.15) is 28.0 Å². The van der Waals surface area contributed by atoms with E-state index < -0.39 is 12.3 Å². The van der Waals surface area contributed by atoms with Gasteiger partial charge >= 0.3 is 11.8 Å². The fourth-order valence-electron chi connectivity index (χ4n) is 2.42. The Bertz CT molecular complexity index is 647. The minimum atomic E-state index is -0.484. The topological polar surface area (TPSA) is 52.5 Å². The monoisotopic (exact) mass is 318 g/mol. The first-order valence-electron chi connectivity index (χ1n) is 7.22. The van der Waals surface area contributed by atoms with Crippen LogP contribution in [0.2, 0.25) is 0 Å². The summed E-state index contributed by atoms with van der Waals surface area (Å²) >= 11 is 0. The van der Waals surface area contributed by atoms with Crippen molar-refractivity contribution in [3.05, 3.63) is 59.7 Å². The van der Waals surface area contributed by atoms with Gasteiger partial charge in [-0.3, -0.25) is 0 Å². The number of ether oxygens (including phenoxy) is 3. The standard InChI is InChI=1S/C17H22N2O4/c1-18-10-14(17(21-3)22-4)11-19(2)15(18)16(20)23-12-13-8-6-5-7-9-13/h5-11,17H,12H2,1-4H3/q+2. The van der Waals surface area contributed by atoms with Gasteiger partial charge in [0.2, 0.25) is 0 Å². The molecule has 0 fully saturated rings. The van der Waals surface area contributed by atoms with Crippen molar-refractivity contribution in [2.75, 3.05) is 14.2 Å². The molecule has 2 rings (SSSR count). The van der Waals surface area contributed by atoms with Crippen LogP contribution in [0.5, 0.6) is 0 Å². The second kappa shape index (κ2) is 7.80. The lowest BCUT2D eigenvalue weighted by atomic mass is 10.2. The van der Waals surface area contributed by atoms with E-state index in [-0.39, 0.29) is 6.61 Å². The van der Waals surface area contributed by atoms with Crippen LogP contribution in [0.3, 0.4) is 0 Å². The molecule has 0 saturated carbocycles. The Labute approximate surface area is 135 Å². The molecule has 1 aromatic carbocycles. The summed E-state index contributed by atoms with van der Waals surface area (Å²) in [7, 11) is 6.70. The highest BCUT2D eigenvalue weighted by molar-refractivity contribution is 5.82. The predicted molar refractivity (Wildman–Crippen MR) is 81.1 cm³/mol. The molecule has 1 heterocycles. The molecule has 0 aliphatic rings. The van der Waals surface area contributed by atoms with E-state index in [9.17, 15) is 4.79 Å². The molecule has 2 aromatic rings. The number of aryl methyl sites for hydroxylation is 2. The van der Waals surface area contributed by atoms with Crippen molar-refractivity contribution in [1.29, 1.82) is 0 Å². The number of nitrogens with zero attached hydrogens (tertiary/aromatic N) is 2. The van der Waals surface area contributed by atoms with Gasteiger partial charge in [-0.1, -0.05) is 30.3 Å².